The van der Waals surface area contributed by atoms with Crippen molar-refractivity contribution in [2.24, 2.45) is 5.73 Å². The van der Waals surface area contributed by atoms with Crippen molar-refractivity contribution in [3.05, 3.63) is 57.1 Å². The number of benzene rings is 2. The second kappa shape index (κ2) is 6.50. The number of nitrogens with two attached hydrogens (primary N) is 1. The summed E-state index contributed by atoms with van der Waals surface area (Å²) in [6.45, 7) is 4.10. The van der Waals surface area contributed by atoms with Gasteiger partial charge < -0.3 is 15.2 Å². The molecule has 112 valence electrons. The van der Waals surface area contributed by atoms with Crippen molar-refractivity contribution in [3.8, 4) is 11.5 Å². The first-order valence-electron chi connectivity index (χ1n) is 6.72. The second-order valence-electron chi connectivity index (χ2n) is 5.04. The van der Waals surface area contributed by atoms with Crippen LogP contribution in [0.4, 0.5) is 0 Å². The molecule has 2 rings (SSSR count). The first-order valence-corrected chi connectivity index (χ1v) is 7.51. The molecule has 2 aromatic carbocycles. The largest absolute Gasteiger partial charge is 0.493 e. The van der Waals surface area contributed by atoms with Crippen molar-refractivity contribution in [2.45, 2.75) is 19.9 Å². The maximum absolute atomic E-state index is 6.47. The first kappa shape index (κ1) is 15.9. The molecule has 0 radical (unpaired) electrons. The van der Waals surface area contributed by atoms with Gasteiger partial charge in [-0.2, -0.15) is 0 Å². The summed E-state index contributed by atoms with van der Waals surface area (Å²) in [5.41, 5.74) is 10.9. The quantitative estimate of drug-likeness (QED) is 0.902. The number of halogens is 1. The molecular weight excluding hydrogens is 330 g/mol. The Kier molecular flexibility index (Phi) is 4.91. The molecule has 0 amide bonds. The fraction of sp³-hybridized carbons (Fsp3) is 0.294. The van der Waals surface area contributed by atoms with E-state index in [0.29, 0.717) is 5.75 Å². The summed E-state index contributed by atoms with van der Waals surface area (Å²) in [7, 11) is 3.27. The van der Waals surface area contributed by atoms with Crippen LogP contribution < -0.4 is 15.2 Å². The fourth-order valence-electron chi connectivity index (χ4n) is 2.49. The molecule has 0 spiro atoms. The van der Waals surface area contributed by atoms with Crippen LogP contribution >= 0.6 is 15.9 Å². The van der Waals surface area contributed by atoms with Gasteiger partial charge in [-0.25, -0.2) is 0 Å². The van der Waals surface area contributed by atoms with E-state index in [1.54, 1.807) is 14.2 Å². The van der Waals surface area contributed by atoms with Gasteiger partial charge in [0.05, 0.1) is 20.3 Å². The predicted molar refractivity (Wildman–Crippen MR) is 89.2 cm³/mol. The van der Waals surface area contributed by atoms with Gasteiger partial charge >= 0.3 is 0 Å². The molecule has 1 atom stereocenters. The molecule has 0 fully saturated rings. The third-order valence-electron chi connectivity index (χ3n) is 3.67. The van der Waals surface area contributed by atoms with E-state index in [4.69, 9.17) is 15.2 Å². The lowest BCUT2D eigenvalue weighted by Crippen LogP contribution is -2.15. The molecule has 21 heavy (non-hydrogen) atoms. The minimum Gasteiger partial charge on any atom is -0.493 e. The minimum absolute atomic E-state index is 0.196. The Labute approximate surface area is 134 Å². The first-order chi connectivity index (χ1) is 9.97. The normalized spacial score (nSPS) is 12.1. The van der Waals surface area contributed by atoms with Crippen molar-refractivity contribution in [3.63, 3.8) is 0 Å². The van der Waals surface area contributed by atoms with Crippen LogP contribution in [0.25, 0.3) is 0 Å². The molecule has 3 nitrogen and oxygen atoms in total. The maximum Gasteiger partial charge on any atom is 0.161 e. The predicted octanol–water partition coefficient (Wildman–Crippen LogP) is 4.13. The monoisotopic (exact) mass is 349 g/mol. The van der Waals surface area contributed by atoms with Gasteiger partial charge in [0.25, 0.3) is 0 Å². The van der Waals surface area contributed by atoms with Gasteiger partial charge in [-0.15, -0.1) is 0 Å². The SMILES string of the molecule is COc1cc(C)c(C(N)c2ccc(Br)cc2C)cc1OC. The van der Waals surface area contributed by atoms with E-state index in [1.165, 1.54) is 0 Å². The number of hydrogen-bond acceptors (Lipinski definition) is 3. The van der Waals surface area contributed by atoms with Crippen LogP contribution in [0.2, 0.25) is 0 Å². The minimum atomic E-state index is -0.196. The molecule has 0 aromatic heterocycles. The molecule has 4 heteroatoms. The molecule has 0 heterocycles. The van der Waals surface area contributed by atoms with Gasteiger partial charge in [-0.05, 0) is 60.4 Å². The van der Waals surface area contributed by atoms with E-state index in [2.05, 4.69) is 35.0 Å². The Morgan fingerprint density at radius 2 is 1.48 bits per heavy atom. The molecule has 0 saturated carbocycles. The highest BCUT2D eigenvalue weighted by Crippen LogP contribution is 2.35. The standard InChI is InChI=1S/C17H20BrNO2/c1-10-7-12(18)5-6-13(10)17(19)14-9-16(21-4)15(20-3)8-11(14)2/h5-9,17H,19H2,1-4H3. The lowest BCUT2D eigenvalue weighted by atomic mass is 9.92. The number of rotatable bonds is 4. The number of ether oxygens (including phenoxy) is 2. The molecule has 0 aliphatic carbocycles. The summed E-state index contributed by atoms with van der Waals surface area (Å²) < 4.78 is 11.8. The summed E-state index contributed by atoms with van der Waals surface area (Å²) >= 11 is 3.48. The lowest BCUT2D eigenvalue weighted by Gasteiger charge is -2.20. The van der Waals surface area contributed by atoms with Crippen molar-refractivity contribution in [2.75, 3.05) is 14.2 Å². The average molecular weight is 350 g/mol. The zero-order chi connectivity index (χ0) is 15.6. The number of hydrogen-bond donors (Lipinski definition) is 1. The van der Waals surface area contributed by atoms with Gasteiger partial charge in [-0.1, -0.05) is 22.0 Å². The van der Waals surface area contributed by atoms with Crippen LogP contribution in [0.3, 0.4) is 0 Å². The lowest BCUT2D eigenvalue weighted by molar-refractivity contribution is 0.354. The topological polar surface area (TPSA) is 44.5 Å². The Morgan fingerprint density at radius 3 is 2.05 bits per heavy atom. The highest BCUT2D eigenvalue weighted by atomic mass is 79.9. The highest BCUT2D eigenvalue weighted by Gasteiger charge is 2.17. The van der Waals surface area contributed by atoms with E-state index in [0.717, 1.165) is 32.5 Å². The van der Waals surface area contributed by atoms with E-state index in [1.807, 2.05) is 25.1 Å². The molecule has 0 bridgehead atoms. The molecule has 2 N–H and O–H groups in total. The van der Waals surface area contributed by atoms with Crippen molar-refractivity contribution in [1.29, 1.82) is 0 Å². The fourth-order valence-corrected chi connectivity index (χ4v) is 2.96. The maximum atomic E-state index is 6.47. The smallest absolute Gasteiger partial charge is 0.161 e. The summed E-state index contributed by atoms with van der Waals surface area (Å²) in [4.78, 5) is 0. The van der Waals surface area contributed by atoms with Crippen LogP contribution in [0.15, 0.2) is 34.8 Å². The molecule has 0 aliphatic rings. The average Bonchev–Trinajstić information content (AvgIpc) is 2.46. The molecule has 0 saturated heterocycles. The third kappa shape index (κ3) is 3.22. The summed E-state index contributed by atoms with van der Waals surface area (Å²) in [5.74, 6) is 1.42. The van der Waals surface area contributed by atoms with E-state index in [9.17, 15) is 0 Å². The Hall–Kier alpha value is -1.52. The Balaban J connectivity index is 2.50. The van der Waals surface area contributed by atoms with Crippen LogP contribution in [0.1, 0.15) is 28.3 Å². The van der Waals surface area contributed by atoms with Crippen LogP contribution in [0, 0.1) is 13.8 Å². The number of aryl methyl sites for hydroxylation is 2. The Morgan fingerprint density at radius 1 is 0.905 bits per heavy atom. The highest BCUT2D eigenvalue weighted by molar-refractivity contribution is 9.10. The van der Waals surface area contributed by atoms with Gasteiger partial charge in [0, 0.05) is 4.47 Å². The van der Waals surface area contributed by atoms with Gasteiger partial charge in [-0.3, -0.25) is 0 Å². The van der Waals surface area contributed by atoms with Crippen LogP contribution in [0.5, 0.6) is 11.5 Å². The van der Waals surface area contributed by atoms with Crippen molar-refractivity contribution in [1.82, 2.24) is 0 Å². The van der Waals surface area contributed by atoms with Crippen molar-refractivity contribution < 1.29 is 9.47 Å². The van der Waals surface area contributed by atoms with E-state index < -0.39 is 0 Å². The van der Waals surface area contributed by atoms with Gasteiger partial charge in [0.1, 0.15) is 0 Å². The third-order valence-corrected chi connectivity index (χ3v) is 4.17. The molecular formula is C17H20BrNO2. The van der Waals surface area contributed by atoms with Gasteiger partial charge in [0.2, 0.25) is 0 Å². The molecule has 2 aromatic rings. The van der Waals surface area contributed by atoms with Crippen LogP contribution in [-0.2, 0) is 0 Å². The van der Waals surface area contributed by atoms with Gasteiger partial charge in [0.15, 0.2) is 11.5 Å². The summed E-state index contributed by atoms with van der Waals surface area (Å²) in [5, 5.41) is 0. The zero-order valence-corrected chi connectivity index (χ0v) is 14.3. The van der Waals surface area contributed by atoms with E-state index in [-0.39, 0.29) is 6.04 Å². The number of methoxy groups -OCH3 is 2. The second-order valence-corrected chi connectivity index (χ2v) is 5.96. The summed E-state index contributed by atoms with van der Waals surface area (Å²) in [6.07, 6.45) is 0. The van der Waals surface area contributed by atoms with Crippen LogP contribution in [-0.4, -0.2) is 14.2 Å². The van der Waals surface area contributed by atoms with E-state index >= 15 is 0 Å². The summed E-state index contributed by atoms with van der Waals surface area (Å²) in [6, 6.07) is 9.87. The molecule has 1 unspecified atom stereocenters. The molecule has 0 aliphatic heterocycles. The van der Waals surface area contributed by atoms with Crippen molar-refractivity contribution >= 4 is 15.9 Å². The zero-order valence-electron chi connectivity index (χ0n) is 12.7. The Bertz CT molecular complexity index is 655.